The van der Waals surface area contributed by atoms with Crippen molar-refractivity contribution < 1.29 is 0 Å². The summed E-state index contributed by atoms with van der Waals surface area (Å²) in [6.07, 6.45) is 8.37. The van der Waals surface area contributed by atoms with Crippen molar-refractivity contribution in [2.24, 2.45) is 11.8 Å². The number of nitrogens with zero attached hydrogens (tertiary/aromatic N) is 1. The van der Waals surface area contributed by atoms with Crippen LogP contribution in [0.3, 0.4) is 0 Å². The molecule has 1 aromatic rings. The monoisotopic (exact) mass is 266 g/mol. The van der Waals surface area contributed by atoms with Gasteiger partial charge >= 0.3 is 0 Å². The van der Waals surface area contributed by atoms with E-state index in [4.69, 9.17) is 0 Å². The predicted molar refractivity (Wildman–Crippen MR) is 79.2 cm³/mol. The average Bonchev–Trinajstić information content (AvgIpc) is 3.01. The maximum absolute atomic E-state index is 4.36. The first-order valence-electron chi connectivity index (χ1n) is 7.41. The first kappa shape index (κ1) is 14.0. The molecule has 0 aromatic carbocycles. The molecule has 1 saturated carbocycles. The Kier molecular flexibility index (Phi) is 5.64. The third-order valence-electron chi connectivity index (χ3n) is 4.31. The number of nitrogens with one attached hydrogen (secondary N) is 1. The van der Waals surface area contributed by atoms with E-state index < -0.39 is 0 Å². The lowest BCUT2D eigenvalue weighted by molar-refractivity contribution is 0.307. The molecule has 0 radical (unpaired) electrons. The number of aryl methyl sites for hydroxylation is 2. The van der Waals surface area contributed by atoms with Crippen LogP contribution in [0.15, 0.2) is 5.51 Å². The summed E-state index contributed by atoms with van der Waals surface area (Å²) in [7, 11) is 0. The standard InChI is InChI=1S/C15H26N2S/c1-3-16-10-14(13-6-4-5-7-13)8-9-15-12(2)17-11-18-15/h11,13-14,16H,3-10H2,1-2H3. The quantitative estimate of drug-likeness (QED) is 0.812. The minimum absolute atomic E-state index is 0.869. The van der Waals surface area contributed by atoms with Gasteiger partial charge in [-0.3, -0.25) is 0 Å². The average molecular weight is 266 g/mol. The molecule has 102 valence electrons. The van der Waals surface area contributed by atoms with Crippen LogP contribution in [-0.2, 0) is 6.42 Å². The number of hydrogen-bond donors (Lipinski definition) is 1. The molecule has 0 spiro atoms. The first-order valence-corrected chi connectivity index (χ1v) is 8.29. The van der Waals surface area contributed by atoms with Gasteiger partial charge in [0.15, 0.2) is 0 Å². The SMILES string of the molecule is CCNCC(CCc1scnc1C)C1CCCC1. The smallest absolute Gasteiger partial charge is 0.0797 e. The molecule has 3 heteroatoms. The van der Waals surface area contributed by atoms with Crippen molar-refractivity contribution in [3.05, 3.63) is 16.1 Å². The first-order chi connectivity index (χ1) is 8.81. The van der Waals surface area contributed by atoms with Gasteiger partial charge in [-0.1, -0.05) is 32.6 Å². The predicted octanol–water partition coefficient (Wildman–Crippen LogP) is 3.80. The van der Waals surface area contributed by atoms with Crippen LogP contribution in [0.2, 0.25) is 0 Å². The highest BCUT2D eigenvalue weighted by Gasteiger charge is 2.24. The van der Waals surface area contributed by atoms with Gasteiger partial charge in [0, 0.05) is 4.88 Å². The molecule has 1 fully saturated rings. The van der Waals surface area contributed by atoms with Crippen molar-refractivity contribution in [1.29, 1.82) is 0 Å². The van der Waals surface area contributed by atoms with Crippen molar-refractivity contribution in [1.82, 2.24) is 10.3 Å². The van der Waals surface area contributed by atoms with Crippen molar-refractivity contribution in [3.8, 4) is 0 Å². The van der Waals surface area contributed by atoms with E-state index in [0.717, 1.165) is 18.4 Å². The Morgan fingerprint density at radius 1 is 1.44 bits per heavy atom. The van der Waals surface area contributed by atoms with Crippen LogP contribution in [-0.4, -0.2) is 18.1 Å². The molecule has 0 aliphatic heterocycles. The topological polar surface area (TPSA) is 24.9 Å². The molecule has 1 N–H and O–H groups in total. The molecule has 2 nitrogen and oxygen atoms in total. The maximum Gasteiger partial charge on any atom is 0.0797 e. The second-order valence-electron chi connectivity index (χ2n) is 5.51. The van der Waals surface area contributed by atoms with Crippen molar-refractivity contribution in [2.45, 2.75) is 52.4 Å². The Hall–Kier alpha value is -0.410. The van der Waals surface area contributed by atoms with Crippen LogP contribution in [0.4, 0.5) is 0 Å². The zero-order valence-corrected chi connectivity index (χ0v) is 12.6. The van der Waals surface area contributed by atoms with Gasteiger partial charge in [-0.15, -0.1) is 11.3 Å². The Labute approximate surface area is 115 Å². The molecule has 1 heterocycles. The lowest BCUT2D eigenvalue weighted by Crippen LogP contribution is -2.27. The van der Waals surface area contributed by atoms with E-state index in [1.165, 1.54) is 55.6 Å². The molecule has 0 bridgehead atoms. The van der Waals surface area contributed by atoms with Gasteiger partial charge in [-0.25, -0.2) is 4.98 Å². The van der Waals surface area contributed by atoms with Gasteiger partial charge in [0.05, 0.1) is 11.2 Å². The molecule has 1 aliphatic rings. The van der Waals surface area contributed by atoms with Crippen molar-refractivity contribution >= 4 is 11.3 Å². The largest absolute Gasteiger partial charge is 0.317 e. The van der Waals surface area contributed by atoms with Crippen LogP contribution in [0.1, 0.15) is 49.6 Å². The summed E-state index contributed by atoms with van der Waals surface area (Å²) in [6.45, 7) is 6.65. The van der Waals surface area contributed by atoms with Crippen molar-refractivity contribution in [3.63, 3.8) is 0 Å². The van der Waals surface area contributed by atoms with Crippen LogP contribution in [0.25, 0.3) is 0 Å². The second-order valence-corrected chi connectivity index (χ2v) is 6.45. The lowest BCUT2D eigenvalue weighted by atomic mass is 9.86. The van der Waals surface area contributed by atoms with Crippen molar-refractivity contribution in [2.75, 3.05) is 13.1 Å². The summed E-state index contributed by atoms with van der Waals surface area (Å²) in [5.41, 5.74) is 3.23. The highest BCUT2D eigenvalue weighted by molar-refractivity contribution is 7.09. The third-order valence-corrected chi connectivity index (χ3v) is 5.30. The number of rotatable bonds is 7. The molecule has 1 aliphatic carbocycles. The number of aromatic nitrogens is 1. The zero-order chi connectivity index (χ0) is 12.8. The minimum Gasteiger partial charge on any atom is -0.317 e. The van der Waals surface area contributed by atoms with E-state index >= 15 is 0 Å². The summed E-state index contributed by atoms with van der Waals surface area (Å²) >= 11 is 1.83. The number of hydrogen-bond acceptors (Lipinski definition) is 3. The van der Waals surface area contributed by atoms with E-state index in [2.05, 4.69) is 24.1 Å². The Morgan fingerprint density at radius 2 is 2.22 bits per heavy atom. The molecular formula is C15H26N2S. The van der Waals surface area contributed by atoms with Gasteiger partial charge in [0.2, 0.25) is 0 Å². The Morgan fingerprint density at radius 3 is 2.83 bits per heavy atom. The molecule has 2 rings (SSSR count). The highest BCUT2D eigenvalue weighted by atomic mass is 32.1. The Balaban J connectivity index is 1.86. The minimum atomic E-state index is 0.869. The summed E-state index contributed by atoms with van der Waals surface area (Å²) in [5.74, 6) is 1.84. The summed E-state index contributed by atoms with van der Waals surface area (Å²) in [6, 6.07) is 0. The van der Waals surface area contributed by atoms with Crippen LogP contribution >= 0.6 is 11.3 Å². The molecule has 0 amide bonds. The van der Waals surface area contributed by atoms with Crippen LogP contribution < -0.4 is 5.32 Å². The normalized spacial score (nSPS) is 18.3. The fraction of sp³-hybridized carbons (Fsp3) is 0.800. The number of thiazole rings is 1. The summed E-state index contributed by atoms with van der Waals surface area (Å²) in [4.78, 5) is 5.85. The van der Waals surface area contributed by atoms with Gasteiger partial charge in [0.1, 0.15) is 0 Å². The molecular weight excluding hydrogens is 240 g/mol. The molecule has 1 atom stereocenters. The lowest BCUT2D eigenvalue weighted by Gasteiger charge is -2.23. The van der Waals surface area contributed by atoms with Gasteiger partial charge in [-0.05, 0) is 44.7 Å². The van der Waals surface area contributed by atoms with E-state index in [1.807, 2.05) is 16.8 Å². The zero-order valence-electron chi connectivity index (χ0n) is 11.7. The molecule has 1 aromatic heterocycles. The van der Waals surface area contributed by atoms with E-state index in [9.17, 15) is 0 Å². The maximum atomic E-state index is 4.36. The van der Waals surface area contributed by atoms with Gasteiger partial charge in [-0.2, -0.15) is 0 Å². The van der Waals surface area contributed by atoms with Gasteiger partial charge in [0.25, 0.3) is 0 Å². The molecule has 18 heavy (non-hydrogen) atoms. The second kappa shape index (κ2) is 7.25. The van der Waals surface area contributed by atoms with E-state index in [0.29, 0.717) is 0 Å². The highest BCUT2D eigenvalue weighted by Crippen LogP contribution is 2.34. The third kappa shape index (κ3) is 3.79. The fourth-order valence-corrected chi connectivity index (χ4v) is 3.94. The summed E-state index contributed by atoms with van der Waals surface area (Å²) < 4.78 is 0. The van der Waals surface area contributed by atoms with E-state index in [1.54, 1.807) is 0 Å². The van der Waals surface area contributed by atoms with Crippen LogP contribution in [0, 0.1) is 18.8 Å². The van der Waals surface area contributed by atoms with Gasteiger partial charge < -0.3 is 5.32 Å². The van der Waals surface area contributed by atoms with Crippen LogP contribution in [0.5, 0.6) is 0 Å². The van der Waals surface area contributed by atoms with E-state index in [-0.39, 0.29) is 0 Å². The molecule has 0 saturated heterocycles. The Bertz CT molecular complexity index is 342. The fourth-order valence-electron chi connectivity index (χ4n) is 3.15. The molecule has 1 unspecified atom stereocenters. The summed E-state index contributed by atoms with van der Waals surface area (Å²) in [5, 5.41) is 3.56.